The molecule has 1 N–H and O–H groups in total. The van der Waals surface area contributed by atoms with Gasteiger partial charge in [-0.15, -0.1) is 11.3 Å². The summed E-state index contributed by atoms with van der Waals surface area (Å²) in [6.45, 7) is 6.52. The van der Waals surface area contributed by atoms with Crippen LogP contribution in [0, 0.1) is 5.92 Å². The van der Waals surface area contributed by atoms with E-state index in [1.54, 1.807) is 16.2 Å². The van der Waals surface area contributed by atoms with Crippen molar-refractivity contribution in [2.75, 3.05) is 13.1 Å². The van der Waals surface area contributed by atoms with Gasteiger partial charge in [0.25, 0.3) is 0 Å². The van der Waals surface area contributed by atoms with Crippen molar-refractivity contribution in [3.8, 4) is 5.75 Å². The maximum Gasteiger partial charge on any atom is 0.410 e. The largest absolute Gasteiger partial charge is 0.488 e. The van der Waals surface area contributed by atoms with Gasteiger partial charge in [-0.1, -0.05) is 6.07 Å². The second-order valence-electron chi connectivity index (χ2n) is 8.45. The molecule has 1 saturated carbocycles. The van der Waals surface area contributed by atoms with E-state index in [0.29, 0.717) is 25.9 Å². The smallest absolute Gasteiger partial charge is 0.410 e. The average molecular weight is 404 g/mol. The number of benzene rings is 1. The predicted octanol–water partition coefficient (Wildman–Crippen LogP) is 3.19. The van der Waals surface area contributed by atoms with Gasteiger partial charge in [0.15, 0.2) is 0 Å². The predicted molar refractivity (Wildman–Crippen MR) is 106 cm³/mol. The summed E-state index contributed by atoms with van der Waals surface area (Å²) >= 11 is 1.59. The van der Waals surface area contributed by atoms with Gasteiger partial charge in [0.1, 0.15) is 23.0 Å². The summed E-state index contributed by atoms with van der Waals surface area (Å²) in [7, 11) is 0. The van der Waals surface area contributed by atoms with Crippen molar-refractivity contribution in [1.82, 2.24) is 15.2 Å². The number of fused-ring (bicyclic) bond motifs is 1. The van der Waals surface area contributed by atoms with Crippen molar-refractivity contribution in [1.29, 1.82) is 0 Å². The van der Waals surface area contributed by atoms with Crippen LogP contribution in [0.25, 0.3) is 10.2 Å². The third kappa shape index (κ3) is 4.06. The van der Waals surface area contributed by atoms with E-state index in [2.05, 4.69) is 10.3 Å². The van der Waals surface area contributed by atoms with Crippen LogP contribution in [-0.2, 0) is 9.53 Å². The first kappa shape index (κ1) is 19.0. The molecule has 2 heterocycles. The Kier molecular flexibility index (Phi) is 4.91. The molecule has 0 unspecified atom stereocenters. The van der Waals surface area contributed by atoms with E-state index in [4.69, 9.17) is 9.47 Å². The molecule has 2 amide bonds. The second-order valence-corrected chi connectivity index (χ2v) is 9.34. The van der Waals surface area contributed by atoms with Crippen LogP contribution in [0.5, 0.6) is 5.75 Å². The maximum atomic E-state index is 12.4. The normalized spacial score (nSPS) is 22.3. The Morgan fingerprint density at radius 3 is 2.71 bits per heavy atom. The molecule has 0 bridgehead atoms. The van der Waals surface area contributed by atoms with Gasteiger partial charge in [-0.05, 0) is 45.7 Å². The Bertz CT molecular complexity index is 879. The number of nitrogens with one attached hydrogen (secondary N) is 1. The lowest BCUT2D eigenvalue weighted by Gasteiger charge is -2.41. The van der Waals surface area contributed by atoms with E-state index < -0.39 is 5.60 Å². The van der Waals surface area contributed by atoms with Crippen molar-refractivity contribution in [3.05, 3.63) is 23.7 Å². The quantitative estimate of drug-likeness (QED) is 0.848. The van der Waals surface area contributed by atoms with Crippen LogP contribution >= 0.6 is 11.3 Å². The van der Waals surface area contributed by atoms with Crippen molar-refractivity contribution in [2.45, 2.75) is 51.4 Å². The Morgan fingerprint density at radius 1 is 1.25 bits per heavy atom. The number of rotatable bonds is 4. The van der Waals surface area contributed by atoms with Crippen LogP contribution in [-0.4, -0.2) is 52.7 Å². The van der Waals surface area contributed by atoms with Gasteiger partial charge >= 0.3 is 6.09 Å². The highest BCUT2D eigenvalue weighted by Crippen LogP contribution is 2.35. The first-order valence-corrected chi connectivity index (χ1v) is 10.4. The third-order valence-corrected chi connectivity index (χ3v) is 5.76. The fourth-order valence-corrected chi connectivity index (χ4v) is 4.07. The van der Waals surface area contributed by atoms with E-state index in [-0.39, 0.29) is 30.1 Å². The molecule has 1 saturated heterocycles. The fourth-order valence-electron chi connectivity index (χ4n) is 3.38. The summed E-state index contributed by atoms with van der Waals surface area (Å²) < 4.78 is 12.5. The van der Waals surface area contributed by atoms with E-state index in [0.717, 1.165) is 16.0 Å². The van der Waals surface area contributed by atoms with Crippen LogP contribution in [0.4, 0.5) is 4.79 Å². The molecule has 0 radical (unpaired) electrons. The Labute approximate surface area is 168 Å². The molecule has 8 heteroatoms. The topological polar surface area (TPSA) is 80.8 Å². The molecule has 1 aliphatic heterocycles. The van der Waals surface area contributed by atoms with Crippen molar-refractivity contribution in [3.63, 3.8) is 0 Å². The van der Waals surface area contributed by atoms with E-state index >= 15 is 0 Å². The minimum atomic E-state index is -0.505. The number of hydrogen-bond donors (Lipinski definition) is 1. The zero-order valence-electron chi connectivity index (χ0n) is 16.3. The van der Waals surface area contributed by atoms with E-state index in [1.807, 2.05) is 44.5 Å². The van der Waals surface area contributed by atoms with Gasteiger partial charge < -0.3 is 19.7 Å². The Hall–Kier alpha value is -2.35. The number of nitrogens with zero attached hydrogens (tertiary/aromatic N) is 2. The molecule has 0 atom stereocenters. The third-order valence-electron chi connectivity index (χ3n) is 4.96. The first-order valence-electron chi connectivity index (χ1n) is 9.55. The lowest BCUT2D eigenvalue weighted by atomic mass is 9.81. The highest BCUT2D eigenvalue weighted by Gasteiger charge is 2.40. The van der Waals surface area contributed by atoms with Gasteiger partial charge in [0.05, 0.1) is 16.3 Å². The summed E-state index contributed by atoms with van der Waals surface area (Å²) in [5.74, 6) is 0.797. The lowest BCUT2D eigenvalue weighted by Crippen LogP contribution is -2.62. The van der Waals surface area contributed by atoms with Crippen LogP contribution in [0.15, 0.2) is 23.7 Å². The molecular formula is C20H25N3O4S. The van der Waals surface area contributed by atoms with Gasteiger partial charge in [0.2, 0.25) is 5.91 Å². The number of aromatic nitrogens is 1. The molecule has 2 aliphatic rings. The van der Waals surface area contributed by atoms with Crippen LogP contribution in [0.2, 0.25) is 0 Å². The molecule has 28 heavy (non-hydrogen) atoms. The molecular weight excluding hydrogens is 378 g/mol. The van der Waals surface area contributed by atoms with Gasteiger partial charge in [-0.3, -0.25) is 4.79 Å². The molecule has 1 aromatic heterocycles. The van der Waals surface area contributed by atoms with E-state index in [9.17, 15) is 9.59 Å². The number of carbonyl (C=O) groups excluding carboxylic acids is 2. The van der Waals surface area contributed by atoms with E-state index in [1.165, 1.54) is 0 Å². The Balaban J connectivity index is 1.19. The molecule has 1 aromatic carbocycles. The molecule has 7 nitrogen and oxygen atoms in total. The number of thiazole rings is 1. The molecule has 2 aromatic rings. The van der Waals surface area contributed by atoms with Gasteiger partial charge in [0, 0.05) is 19.0 Å². The summed E-state index contributed by atoms with van der Waals surface area (Å²) in [6, 6.07) is 5.92. The molecule has 1 aliphatic carbocycles. The fraction of sp³-hybridized carbons (Fsp3) is 0.550. The zero-order chi connectivity index (χ0) is 19.9. The maximum absolute atomic E-state index is 12.4. The van der Waals surface area contributed by atoms with Crippen LogP contribution in [0.3, 0.4) is 0 Å². The number of para-hydroxylation sites is 1. The van der Waals surface area contributed by atoms with Crippen molar-refractivity contribution in [2.24, 2.45) is 5.92 Å². The number of likely N-dealkylation sites (tertiary alicyclic amines) is 1. The summed E-state index contributed by atoms with van der Waals surface area (Å²) in [4.78, 5) is 30.3. The zero-order valence-corrected chi connectivity index (χ0v) is 17.1. The average Bonchev–Trinajstić information content (AvgIpc) is 3.00. The van der Waals surface area contributed by atoms with Gasteiger partial charge in [-0.25, -0.2) is 9.78 Å². The van der Waals surface area contributed by atoms with Crippen molar-refractivity contribution >= 4 is 33.6 Å². The molecule has 0 spiro atoms. The first-order chi connectivity index (χ1) is 13.3. The number of hydrogen-bond acceptors (Lipinski definition) is 6. The number of carbonyl (C=O) groups is 2. The highest BCUT2D eigenvalue weighted by molar-refractivity contribution is 7.16. The highest BCUT2D eigenvalue weighted by atomic mass is 32.1. The minimum Gasteiger partial charge on any atom is -0.488 e. The molecule has 4 rings (SSSR count). The SMILES string of the molecule is CC(C)(C)OC(=O)N1CC(NC(=O)[C@H]2C[C@H](Oc3cccc4scnc34)C2)C1. The lowest BCUT2D eigenvalue weighted by molar-refractivity contribution is -0.132. The molecule has 2 fully saturated rings. The Morgan fingerprint density at radius 2 is 2.00 bits per heavy atom. The summed E-state index contributed by atoms with van der Waals surface area (Å²) in [5, 5.41) is 3.02. The second kappa shape index (κ2) is 7.24. The number of amides is 2. The van der Waals surface area contributed by atoms with Crippen LogP contribution in [0.1, 0.15) is 33.6 Å². The number of ether oxygens (including phenoxy) is 2. The minimum absolute atomic E-state index is 0.00346. The van der Waals surface area contributed by atoms with Crippen LogP contribution < -0.4 is 10.1 Å². The van der Waals surface area contributed by atoms with Gasteiger partial charge in [-0.2, -0.15) is 0 Å². The summed E-state index contributed by atoms with van der Waals surface area (Å²) in [5.41, 5.74) is 2.19. The standard InChI is InChI=1S/C20H25N3O4S/c1-20(2,3)27-19(25)23-9-13(10-23)22-18(24)12-7-14(8-12)26-15-5-4-6-16-17(15)21-11-28-16/h4-6,11-14H,7-10H2,1-3H3,(H,22,24)/t12-,14-. The monoisotopic (exact) mass is 403 g/mol. The summed E-state index contributed by atoms with van der Waals surface area (Å²) in [6.07, 6.45) is 1.12. The van der Waals surface area contributed by atoms with Crippen molar-refractivity contribution < 1.29 is 19.1 Å². The molecule has 150 valence electrons.